The Morgan fingerprint density at radius 3 is 2.61 bits per heavy atom. The van der Waals surface area contributed by atoms with Crippen LogP contribution >= 0.6 is 15.9 Å². The summed E-state index contributed by atoms with van der Waals surface area (Å²) in [5.41, 5.74) is 0. The lowest BCUT2D eigenvalue weighted by molar-refractivity contribution is -0.138. The maximum Gasteiger partial charge on any atom is 0.229 e. The maximum absolute atomic E-state index is 11.4. The van der Waals surface area contributed by atoms with Crippen LogP contribution in [-0.2, 0) is 9.59 Å². The fourth-order valence-corrected chi connectivity index (χ4v) is 2.22. The summed E-state index contributed by atoms with van der Waals surface area (Å²) in [5, 5.41) is 0. The molecule has 1 fully saturated rings. The SMILES string of the molecule is O=C1CCC(=O)N1CCCOc1cccc(Br)c1. The minimum absolute atomic E-state index is 0.0672. The Labute approximate surface area is 114 Å². The number of halogens is 1. The molecule has 0 aromatic heterocycles. The van der Waals surface area contributed by atoms with Gasteiger partial charge in [-0.25, -0.2) is 0 Å². The van der Waals surface area contributed by atoms with Gasteiger partial charge in [0.05, 0.1) is 6.61 Å². The van der Waals surface area contributed by atoms with Crippen LogP contribution in [0.3, 0.4) is 0 Å². The van der Waals surface area contributed by atoms with E-state index in [9.17, 15) is 9.59 Å². The number of likely N-dealkylation sites (tertiary alicyclic amines) is 1. The molecule has 0 saturated carbocycles. The highest BCUT2D eigenvalue weighted by molar-refractivity contribution is 9.10. The first-order valence-corrected chi connectivity index (χ1v) is 6.67. The van der Waals surface area contributed by atoms with Crippen molar-refractivity contribution < 1.29 is 14.3 Å². The van der Waals surface area contributed by atoms with Crippen LogP contribution in [0, 0.1) is 0 Å². The van der Waals surface area contributed by atoms with Gasteiger partial charge in [0.2, 0.25) is 11.8 Å². The fourth-order valence-electron chi connectivity index (χ4n) is 1.84. The van der Waals surface area contributed by atoms with E-state index >= 15 is 0 Å². The molecule has 1 heterocycles. The molecule has 0 unspecified atom stereocenters. The molecule has 96 valence electrons. The Morgan fingerprint density at radius 2 is 1.94 bits per heavy atom. The number of hydrogen-bond donors (Lipinski definition) is 0. The predicted octanol–water partition coefficient (Wildman–Crippen LogP) is 2.37. The zero-order valence-corrected chi connectivity index (χ0v) is 11.5. The van der Waals surface area contributed by atoms with Crippen molar-refractivity contribution in [3.8, 4) is 5.75 Å². The number of benzene rings is 1. The van der Waals surface area contributed by atoms with Gasteiger partial charge < -0.3 is 4.74 Å². The summed E-state index contributed by atoms with van der Waals surface area (Å²) in [6, 6.07) is 7.57. The van der Waals surface area contributed by atoms with Crippen LogP contribution in [0.15, 0.2) is 28.7 Å². The molecule has 0 spiro atoms. The number of amides is 2. The summed E-state index contributed by atoms with van der Waals surface area (Å²) in [4.78, 5) is 24.0. The first kappa shape index (κ1) is 13.1. The van der Waals surface area contributed by atoms with Gasteiger partial charge in [0, 0.05) is 23.9 Å². The minimum Gasteiger partial charge on any atom is -0.493 e. The predicted molar refractivity (Wildman–Crippen MR) is 70.2 cm³/mol. The summed E-state index contributed by atoms with van der Waals surface area (Å²) < 4.78 is 6.50. The zero-order chi connectivity index (χ0) is 13.0. The summed E-state index contributed by atoms with van der Waals surface area (Å²) in [6.07, 6.45) is 1.36. The largest absolute Gasteiger partial charge is 0.493 e. The number of nitrogens with zero attached hydrogens (tertiary/aromatic N) is 1. The normalized spacial score (nSPS) is 15.3. The van der Waals surface area contributed by atoms with Crippen LogP contribution in [-0.4, -0.2) is 29.9 Å². The Morgan fingerprint density at radius 1 is 1.22 bits per heavy atom. The molecule has 4 nitrogen and oxygen atoms in total. The number of ether oxygens (including phenoxy) is 1. The van der Waals surface area contributed by atoms with Crippen molar-refractivity contribution in [2.24, 2.45) is 0 Å². The minimum atomic E-state index is -0.0672. The third kappa shape index (κ3) is 3.32. The zero-order valence-electron chi connectivity index (χ0n) is 9.89. The second kappa shape index (κ2) is 6.00. The van der Waals surface area contributed by atoms with Gasteiger partial charge in [-0.05, 0) is 24.6 Å². The Bertz CT molecular complexity index is 445. The summed E-state index contributed by atoms with van der Waals surface area (Å²) in [5.74, 6) is 0.647. The average Bonchev–Trinajstić information content (AvgIpc) is 2.66. The molecule has 1 aromatic rings. The van der Waals surface area contributed by atoms with E-state index in [4.69, 9.17) is 4.74 Å². The maximum atomic E-state index is 11.4. The van der Waals surface area contributed by atoms with Crippen molar-refractivity contribution in [2.75, 3.05) is 13.2 Å². The second-order valence-electron chi connectivity index (χ2n) is 4.10. The molecule has 1 aliphatic rings. The molecule has 1 aliphatic heterocycles. The highest BCUT2D eigenvalue weighted by atomic mass is 79.9. The first-order chi connectivity index (χ1) is 8.66. The van der Waals surface area contributed by atoms with Crippen molar-refractivity contribution in [1.29, 1.82) is 0 Å². The van der Waals surface area contributed by atoms with E-state index in [1.165, 1.54) is 4.90 Å². The van der Waals surface area contributed by atoms with Crippen LogP contribution in [0.5, 0.6) is 5.75 Å². The third-order valence-corrected chi connectivity index (χ3v) is 3.24. The summed E-state index contributed by atoms with van der Waals surface area (Å²) in [7, 11) is 0. The summed E-state index contributed by atoms with van der Waals surface area (Å²) >= 11 is 3.36. The monoisotopic (exact) mass is 311 g/mol. The molecule has 2 rings (SSSR count). The van der Waals surface area contributed by atoms with Crippen LogP contribution in [0.2, 0.25) is 0 Å². The van der Waals surface area contributed by atoms with Crippen molar-refractivity contribution in [3.63, 3.8) is 0 Å². The number of carbonyl (C=O) groups excluding carboxylic acids is 2. The first-order valence-electron chi connectivity index (χ1n) is 5.88. The second-order valence-corrected chi connectivity index (χ2v) is 5.01. The third-order valence-electron chi connectivity index (χ3n) is 2.75. The molecule has 0 radical (unpaired) electrons. The van der Waals surface area contributed by atoms with Crippen molar-refractivity contribution in [2.45, 2.75) is 19.3 Å². The highest BCUT2D eigenvalue weighted by Crippen LogP contribution is 2.18. The van der Waals surface area contributed by atoms with Gasteiger partial charge in [0.25, 0.3) is 0 Å². The van der Waals surface area contributed by atoms with E-state index in [-0.39, 0.29) is 11.8 Å². The van der Waals surface area contributed by atoms with Gasteiger partial charge in [0.15, 0.2) is 0 Å². The van der Waals surface area contributed by atoms with E-state index in [0.717, 1.165) is 10.2 Å². The molecule has 0 atom stereocenters. The fraction of sp³-hybridized carbons (Fsp3) is 0.385. The Hall–Kier alpha value is -1.36. The molecule has 0 bridgehead atoms. The van der Waals surface area contributed by atoms with E-state index in [0.29, 0.717) is 32.4 Å². The molecule has 18 heavy (non-hydrogen) atoms. The van der Waals surface area contributed by atoms with E-state index < -0.39 is 0 Å². The Kier molecular flexibility index (Phi) is 4.36. The van der Waals surface area contributed by atoms with Gasteiger partial charge >= 0.3 is 0 Å². The Balaban J connectivity index is 1.73. The lowest BCUT2D eigenvalue weighted by atomic mass is 10.3. The van der Waals surface area contributed by atoms with Crippen LogP contribution in [0.4, 0.5) is 0 Å². The molecule has 0 aliphatic carbocycles. The number of hydrogen-bond acceptors (Lipinski definition) is 3. The molecule has 1 aromatic carbocycles. The van der Waals surface area contributed by atoms with Gasteiger partial charge in [-0.15, -0.1) is 0 Å². The standard InChI is InChI=1S/C13H14BrNO3/c14-10-3-1-4-11(9-10)18-8-2-7-15-12(16)5-6-13(15)17/h1,3-4,9H,2,5-8H2. The highest BCUT2D eigenvalue weighted by Gasteiger charge is 2.27. The lowest BCUT2D eigenvalue weighted by Crippen LogP contribution is -2.30. The molecule has 1 saturated heterocycles. The van der Waals surface area contributed by atoms with Gasteiger partial charge in [-0.3, -0.25) is 14.5 Å². The molecular formula is C13H14BrNO3. The van der Waals surface area contributed by atoms with Gasteiger partial charge in [0.1, 0.15) is 5.75 Å². The summed E-state index contributed by atoms with van der Waals surface area (Å²) in [6.45, 7) is 0.944. The van der Waals surface area contributed by atoms with E-state index in [2.05, 4.69) is 15.9 Å². The van der Waals surface area contributed by atoms with Crippen LogP contribution < -0.4 is 4.74 Å². The van der Waals surface area contributed by atoms with Crippen LogP contribution in [0.25, 0.3) is 0 Å². The number of imide groups is 1. The molecular weight excluding hydrogens is 298 g/mol. The average molecular weight is 312 g/mol. The molecule has 5 heteroatoms. The van der Waals surface area contributed by atoms with Crippen molar-refractivity contribution >= 4 is 27.7 Å². The smallest absolute Gasteiger partial charge is 0.229 e. The van der Waals surface area contributed by atoms with E-state index in [1.54, 1.807) is 0 Å². The van der Waals surface area contributed by atoms with Gasteiger partial charge in [-0.2, -0.15) is 0 Å². The van der Waals surface area contributed by atoms with E-state index in [1.807, 2.05) is 24.3 Å². The van der Waals surface area contributed by atoms with Crippen molar-refractivity contribution in [1.82, 2.24) is 4.90 Å². The molecule has 0 N–H and O–H groups in total. The lowest BCUT2D eigenvalue weighted by Gasteiger charge is -2.13. The topological polar surface area (TPSA) is 46.6 Å². The quantitative estimate of drug-likeness (QED) is 0.619. The number of carbonyl (C=O) groups is 2. The van der Waals surface area contributed by atoms with Gasteiger partial charge in [-0.1, -0.05) is 22.0 Å². The van der Waals surface area contributed by atoms with Crippen molar-refractivity contribution in [3.05, 3.63) is 28.7 Å². The van der Waals surface area contributed by atoms with Crippen LogP contribution in [0.1, 0.15) is 19.3 Å². The molecule has 2 amide bonds. The number of rotatable bonds is 5.